The number of rotatable bonds is 5. The molecule has 1 fully saturated rings. The molecule has 1 aromatic rings. The van der Waals surface area contributed by atoms with E-state index in [0.717, 1.165) is 17.9 Å². The summed E-state index contributed by atoms with van der Waals surface area (Å²) in [4.78, 5) is 0.276. The zero-order chi connectivity index (χ0) is 14.8. The van der Waals surface area contributed by atoms with Crippen molar-refractivity contribution in [2.24, 2.45) is 5.73 Å². The maximum atomic E-state index is 12.6. The molecule has 0 spiro atoms. The van der Waals surface area contributed by atoms with E-state index in [1.54, 1.807) is 44.1 Å². The van der Waals surface area contributed by atoms with Crippen LogP contribution in [-0.2, 0) is 16.6 Å². The van der Waals surface area contributed by atoms with Crippen molar-refractivity contribution < 1.29 is 13.2 Å². The van der Waals surface area contributed by atoms with Gasteiger partial charge in [-0.1, -0.05) is 0 Å². The molecular formula is C13H20N2O3S2. The van der Waals surface area contributed by atoms with Gasteiger partial charge in [0.2, 0.25) is 10.0 Å². The van der Waals surface area contributed by atoms with Gasteiger partial charge in [-0.05, 0) is 30.4 Å². The molecule has 20 heavy (non-hydrogen) atoms. The SMILES string of the molecule is COc1ccc(S(=O)(=O)N(C)C2CCSC2)cc1CN. The Kier molecular flexibility index (Phi) is 4.95. The maximum absolute atomic E-state index is 12.6. The second-order valence-corrected chi connectivity index (χ2v) is 7.86. The Morgan fingerprint density at radius 1 is 1.50 bits per heavy atom. The minimum atomic E-state index is -3.47. The highest BCUT2D eigenvalue weighted by Crippen LogP contribution is 2.28. The molecule has 0 bridgehead atoms. The van der Waals surface area contributed by atoms with E-state index < -0.39 is 10.0 Å². The normalized spacial score (nSPS) is 19.5. The van der Waals surface area contributed by atoms with Crippen LogP contribution in [0.25, 0.3) is 0 Å². The van der Waals surface area contributed by atoms with Crippen LogP contribution < -0.4 is 10.5 Å². The van der Waals surface area contributed by atoms with E-state index >= 15 is 0 Å². The van der Waals surface area contributed by atoms with Crippen molar-refractivity contribution in [1.82, 2.24) is 4.31 Å². The number of sulfonamides is 1. The molecule has 7 heteroatoms. The monoisotopic (exact) mass is 316 g/mol. The number of hydrogen-bond acceptors (Lipinski definition) is 5. The Bertz CT molecular complexity index is 569. The van der Waals surface area contributed by atoms with Crippen molar-refractivity contribution in [3.05, 3.63) is 23.8 Å². The van der Waals surface area contributed by atoms with Crippen molar-refractivity contribution in [2.45, 2.75) is 23.9 Å². The van der Waals surface area contributed by atoms with E-state index in [1.807, 2.05) is 0 Å². The quantitative estimate of drug-likeness (QED) is 0.886. The first-order valence-electron chi connectivity index (χ1n) is 6.43. The van der Waals surface area contributed by atoms with Crippen LogP contribution in [-0.4, -0.2) is 44.4 Å². The molecule has 0 radical (unpaired) electrons. The first-order valence-corrected chi connectivity index (χ1v) is 9.03. The van der Waals surface area contributed by atoms with Crippen LogP contribution in [0.1, 0.15) is 12.0 Å². The minimum Gasteiger partial charge on any atom is -0.496 e. The second kappa shape index (κ2) is 6.34. The standard InChI is InChI=1S/C13H20N2O3S2/c1-15(11-5-6-19-9-11)20(16,17)12-3-4-13(18-2)10(7-12)8-14/h3-4,7,11H,5-6,8-9,14H2,1-2H3. The van der Waals surface area contributed by atoms with Gasteiger partial charge in [0.25, 0.3) is 0 Å². The van der Waals surface area contributed by atoms with Gasteiger partial charge in [-0.15, -0.1) is 0 Å². The predicted octanol–water partition coefficient (Wildman–Crippen LogP) is 1.28. The van der Waals surface area contributed by atoms with Crippen molar-refractivity contribution in [3.63, 3.8) is 0 Å². The minimum absolute atomic E-state index is 0.0772. The van der Waals surface area contributed by atoms with E-state index in [1.165, 1.54) is 4.31 Å². The average Bonchev–Trinajstić information content (AvgIpc) is 2.99. The molecule has 112 valence electrons. The zero-order valence-electron chi connectivity index (χ0n) is 11.7. The van der Waals surface area contributed by atoms with E-state index in [9.17, 15) is 8.42 Å². The third-order valence-electron chi connectivity index (χ3n) is 3.57. The fourth-order valence-corrected chi connectivity index (χ4v) is 5.04. The molecule has 0 aliphatic carbocycles. The van der Waals surface area contributed by atoms with Gasteiger partial charge in [-0.3, -0.25) is 0 Å². The number of thioether (sulfide) groups is 1. The molecule has 1 atom stereocenters. The van der Waals surface area contributed by atoms with Gasteiger partial charge in [-0.2, -0.15) is 16.1 Å². The lowest BCUT2D eigenvalue weighted by molar-refractivity contribution is 0.393. The summed E-state index contributed by atoms with van der Waals surface area (Å²) in [6.45, 7) is 0.246. The lowest BCUT2D eigenvalue weighted by atomic mass is 10.2. The van der Waals surface area contributed by atoms with E-state index in [2.05, 4.69) is 0 Å². The molecule has 1 aliphatic heterocycles. The number of benzene rings is 1. The molecule has 0 aromatic heterocycles. The van der Waals surface area contributed by atoms with E-state index in [-0.39, 0.29) is 17.5 Å². The molecule has 1 aliphatic rings. The Morgan fingerprint density at radius 3 is 2.80 bits per heavy atom. The topological polar surface area (TPSA) is 72.6 Å². The van der Waals surface area contributed by atoms with Crippen LogP contribution in [0.5, 0.6) is 5.75 Å². The summed E-state index contributed by atoms with van der Waals surface area (Å²) in [5, 5.41) is 0. The molecule has 1 unspecified atom stereocenters. The fourth-order valence-electron chi connectivity index (χ4n) is 2.25. The molecule has 0 amide bonds. The number of hydrogen-bond donors (Lipinski definition) is 1. The maximum Gasteiger partial charge on any atom is 0.243 e. The van der Waals surface area contributed by atoms with Gasteiger partial charge >= 0.3 is 0 Å². The summed E-state index contributed by atoms with van der Waals surface area (Å²) in [6.07, 6.45) is 0.903. The highest BCUT2D eigenvalue weighted by Gasteiger charge is 2.30. The van der Waals surface area contributed by atoms with Crippen LogP contribution in [0.3, 0.4) is 0 Å². The lowest BCUT2D eigenvalue weighted by Crippen LogP contribution is -2.37. The van der Waals surface area contributed by atoms with Crippen molar-refractivity contribution in [2.75, 3.05) is 25.7 Å². The third kappa shape index (κ3) is 2.95. The molecule has 5 nitrogen and oxygen atoms in total. The van der Waals surface area contributed by atoms with Crippen LogP contribution >= 0.6 is 11.8 Å². The highest BCUT2D eigenvalue weighted by atomic mass is 32.2. The summed E-state index contributed by atoms with van der Waals surface area (Å²) in [5.74, 6) is 2.49. The van der Waals surface area contributed by atoms with Gasteiger partial charge in [0, 0.05) is 31.0 Å². The number of nitrogens with zero attached hydrogens (tertiary/aromatic N) is 1. The van der Waals surface area contributed by atoms with Gasteiger partial charge in [0.1, 0.15) is 5.75 Å². The van der Waals surface area contributed by atoms with Crippen LogP contribution in [0.2, 0.25) is 0 Å². The average molecular weight is 316 g/mol. The van der Waals surface area contributed by atoms with Crippen LogP contribution in [0.4, 0.5) is 0 Å². The zero-order valence-corrected chi connectivity index (χ0v) is 13.3. The predicted molar refractivity (Wildman–Crippen MR) is 81.6 cm³/mol. The van der Waals surface area contributed by atoms with Crippen molar-refractivity contribution in [1.29, 1.82) is 0 Å². The molecule has 1 heterocycles. The van der Waals surface area contributed by atoms with Crippen LogP contribution in [0.15, 0.2) is 23.1 Å². The Hall–Kier alpha value is -0.760. The molecule has 0 saturated carbocycles. The Labute approximate surface area is 124 Å². The number of nitrogens with two attached hydrogens (primary N) is 1. The number of ether oxygens (including phenoxy) is 1. The summed E-state index contributed by atoms with van der Waals surface area (Å²) < 4.78 is 31.9. The first-order chi connectivity index (χ1) is 9.50. The Morgan fingerprint density at radius 2 is 2.25 bits per heavy atom. The molecule has 2 N–H and O–H groups in total. The summed E-state index contributed by atoms with van der Waals surface area (Å²) in [7, 11) is -0.274. The van der Waals surface area contributed by atoms with Crippen molar-refractivity contribution in [3.8, 4) is 5.75 Å². The van der Waals surface area contributed by atoms with E-state index in [0.29, 0.717) is 11.3 Å². The molecule has 2 rings (SSSR count). The summed E-state index contributed by atoms with van der Waals surface area (Å²) in [6, 6.07) is 4.92. The fraction of sp³-hybridized carbons (Fsp3) is 0.538. The van der Waals surface area contributed by atoms with Gasteiger partial charge in [0.15, 0.2) is 0 Å². The molecule has 1 aromatic carbocycles. The lowest BCUT2D eigenvalue weighted by Gasteiger charge is -2.23. The first kappa shape index (κ1) is 15.6. The van der Waals surface area contributed by atoms with Crippen LogP contribution in [0, 0.1) is 0 Å². The number of methoxy groups -OCH3 is 1. The van der Waals surface area contributed by atoms with Gasteiger partial charge in [0.05, 0.1) is 12.0 Å². The Balaban J connectivity index is 2.33. The van der Waals surface area contributed by atoms with Gasteiger partial charge < -0.3 is 10.5 Å². The molecular weight excluding hydrogens is 296 g/mol. The van der Waals surface area contributed by atoms with Gasteiger partial charge in [-0.25, -0.2) is 8.42 Å². The molecule has 1 saturated heterocycles. The van der Waals surface area contributed by atoms with Crippen molar-refractivity contribution >= 4 is 21.8 Å². The smallest absolute Gasteiger partial charge is 0.243 e. The second-order valence-electron chi connectivity index (χ2n) is 4.72. The summed E-state index contributed by atoms with van der Waals surface area (Å²) >= 11 is 1.79. The summed E-state index contributed by atoms with van der Waals surface area (Å²) in [5.41, 5.74) is 6.34. The largest absolute Gasteiger partial charge is 0.496 e. The van der Waals surface area contributed by atoms with E-state index in [4.69, 9.17) is 10.5 Å². The third-order valence-corrected chi connectivity index (χ3v) is 6.62. The highest BCUT2D eigenvalue weighted by molar-refractivity contribution is 7.99.